The Morgan fingerprint density at radius 1 is 0.613 bits per heavy atom. The Morgan fingerprint density at radius 3 is 1.70 bits per heavy atom. The fourth-order valence-electron chi connectivity index (χ4n) is 7.60. The van der Waals surface area contributed by atoms with Gasteiger partial charge in [0.15, 0.2) is 5.96 Å². The lowest BCUT2D eigenvalue weighted by molar-refractivity contribution is -0.142. The third-order valence-corrected chi connectivity index (χ3v) is 12.4. The summed E-state index contributed by atoms with van der Waals surface area (Å²) in [6.45, 7) is 8.63. The van der Waals surface area contributed by atoms with Crippen LogP contribution in [0.2, 0.25) is 0 Å². The van der Waals surface area contributed by atoms with E-state index in [0.29, 0.717) is 11.1 Å². The number of benzene rings is 2. The third-order valence-electron chi connectivity index (χ3n) is 12.4. The fourth-order valence-corrected chi connectivity index (χ4v) is 7.60. The second-order valence-corrected chi connectivity index (χ2v) is 19.8. The predicted molar refractivity (Wildman–Crippen MR) is 290 cm³/mol. The van der Waals surface area contributed by atoms with Gasteiger partial charge in [0.05, 0.1) is 37.9 Å². The molecule has 0 aliphatic rings. The highest BCUT2D eigenvalue weighted by molar-refractivity contribution is 5.98. The van der Waals surface area contributed by atoms with Crippen molar-refractivity contribution in [2.24, 2.45) is 29.2 Å². The van der Waals surface area contributed by atoms with Crippen LogP contribution in [0.15, 0.2) is 60.7 Å². The van der Waals surface area contributed by atoms with Gasteiger partial charge in [-0.15, -0.1) is 0 Å². The average molecular weight is 1130 g/mol. The molecule has 0 bridgehead atoms. The van der Waals surface area contributed by atoms with Gasteiger partial charge in [-0.2, -0.15) is 0 Å². The lowest BCUT2D eigenvalue weighted by atomic mass is 9.95. The summed E-state index contributed by atoms with van der Waals surface area (Å²) in [6, 6.07) is 4.90. The van der Waals surface area contributed by atoms with Crippen molar-refractivity contribution < 1.29 is 73.1 Å². The van der Waals surface area contributed by atoms with Crippen molar-refractivity contribution in [3.05, 3.63) is 71.8 Å². The molecule has 0 aromatic heterocycles. The number of hydrogen-bond donors (Lipinski definition) is 17. The van der Waals surface area contributed by atoms with Gasteiger partial charge in [0.1, 0.15) is 48.9 Å². The minimum absolute atomic E-state index is 0.0396. The van der Waals surface area contributed by atoms with E-state index in [2.05, 4.69) is 47.9 Å². The lowest BCUT2D eigenvalue weighted by Gasteiger charge is -2.32. The first-order chi connectivity index (χ1) is 37.7. The molecule has 0 saturated heterocycles. The zero-order valence-corrected chi connectivity index (χ0v) is 46.1. The highest BCUT2D eigenvalue weighted by Crippen LogP contribution is 2.18. The quantitative estimate of drug-likeness (QED) is 0.0188. The standard InChI is InChI=1S/C52H81N13O15/c1-8-29(6)39(47(74)63-40(30(7)67)46(73)58-23-36(68)57-24-37(69)59-35(25-66)50(77)78)62-44(71)33(20-15-21-56-51(54)55)60-45(72)34(22-27(2)3)61-49(76)42(43(70)28(4)5)64-48(75)41(38(53)32-18-13-10-14-19-32)65-52(79)80-26-31-16-11-9-12-17-31/h9-14,16-19,27-30,33-35,38-43,66-67,70H,8,15,20-26,53H2,1-7H3,(H,57,68)(H,58,73)(H,59,69)(H,60,72)(H,61,76)(H,62,71)(H,63,74)(H,64,75)(H,65,79)(H,77,78)(H4,54,55,56)/t29-,30-,33+,34-,35-,38+,39-,40-,41-,42-,43+/m0/s1. The van der Waals surface area contributed by atoms with E-state index in [4.69, 9.17) is 31.8 Å². The Balaban J connectivity index is 2.40. The predicted octanol–water partition coefficient (Wildman–Crippen LogP) is -3.05. The van der Waals surface area contributed by atoms with Crippen LogP contribution in [-0.2, 0) is 54.5 Å². The SMILES string of the molecule is CC[C@H](C)[C@H](NC(=O)[C@@H](CCCNC(=N)N)NC(=O)[C@H](CC(C)C)NC(=O)[C@@H](NC(=O)[C@@H](NC(=O)OCc1ccccc1)[C@H](N)c1ccccc1)[C@H](O)C(C)C)C(=O)N[C@H](C(=O)NCC(=O)NCC(=O)N[C@@H](CO)C(=O)O)[C@H](C)O. The molecule has 80 heavy (non-hydrogen) atoms. The van der Waals surface area contributed by atoms with Gasteiger partial charge < -0.3 is 89.8 Å². The van der Waals surface area contributed by atoms with Crippen LogP contribution in [0.4, 0.5) is 4.79 Å². The molecular formula is C52H81N13O15. The van der Waals surface area contributed by atoms with Crippen molar-refractivity contribution in [1.29, 1.82) is 5.41 Å². The summed E-state index contributed by atoms with van der Waals surface area (Å²) in [5.74, 6) is -11.2. The van der Waals surface area contributed by atoms with E-state index in [0.717, 1.165) is 0 Å². The average Bonchev–Trinajstić information content (AvgIpc) is 3.41. The van der Waals surface area contributed by atoms with Crippen LogP contribution >= 0.6 is 0 Å². The summed E-state index contributed by atoms with van der Waals surface area (Å²) in [5, 5.41) is 71.9. The van der Waals surface area contributed by atoms with Crippen molar-refractivity contribution in [3.63, 3.8) is 0 Å². The number of aliphatic hydroxyl groups is 3. The summed E-state index contributed by atoms with van der Waals surface area (Å²) in [4.78, 5) is 133. The zero-order valence-electron chi connectivity index (χ0n) is 46.1. The second-order valence-electron chi connectivity index (χ2n) is 19.8. The van der Waals surface area contributed by atoms with Gasteiger partial charge in [-0.1, -0.05) is 109 Å². The Labute approximate surface area is 464 Å². The van der Waals surface area contributed by atoms with E-state index in [1.807, 2.05) is 5.32 Å². The van der Waals surface area contributed by atoms with E-state index in [1.165, 1.54) is 6.92 Å². The van der Waals surface area contributed by atoms with Gasteiger partial charge in [-0.05, 0) is 55.1 Å². The van der Waals surface area contributed by atoms with Crippen LogP contribution in [0.5, 0.6) is 0 Å². The highest BCUT2D eigenvalue weighted by Gasteiger charge is 2.39. The van der Waals surface area contributed by atoms with Crippen LogP contribution in [-0.4, -0.2) is 166 Å². The molecule has 444 valence electrons. The van der Waals surface area contributed by atoms with Gasteiger partial charge in [0, 0.05) is 6.54 Å². The van der Waals surface area contributed by atoms with Crippen LogP contribution in [0.25, 0.3) is 0 Å². The molecule has 0 fully saturated rings. The molecule has 2 aromatic carbocycles. The molecule has 9 amide bonds. The molecule has 28 nitrogen and oxygen atoms in total. The normalized spacial score (nSPS) is 15.2. The number of carbonyl (C=O) groups is 10. The summed E-state index contributed by atoms with van der Waals surface area (Å²) in [7, 11) is 0. The van der Waals surface area contributed by atoms with Gasteiger partial charge in [-0.25, -0.2) is 9.59 Å². The molecule has 28 heteroatoms. The summed E-state index contributed by atoms with van der Waals surface area (Å²) >= 11 is 0. The number of carboxylic acids is 1. The van der Waals surface area contributed by atoms with Gasteiger partial charge in [0.2, 0.25) is 47.3 Å². The Kier molecular flexibility index (Phi) is 29.7. The molecule has 0 aliphatic carbocycles. The topological polar surface area (TPSA) is 457 Å². The molecule has 2 rings (SSSR count). The minimum atomic E-state index is -1.75. The smallest absolute Gasteiger partial charge is 0.408 e. The number of carboxylic acid groups (broad SMARTS) is 1. The highest BCUT2D eigenvalue weighted by atomic mass is 16.5. The number of rotatable bonds is 34. The number of carbonyl (C=O) groups excluding carboxylic acids is 9. The number of hydrogen-bond acceptors (Lipinski definition) is 16. The maximum atomic E-state index is 14.4. The largest absolute Gasteiger partial charge is 0.480 e. The molecular weight excluding hydrogens is 1050 g/mol. The van der Waals surface area contributed by atoms with E-state index < -0.39 is 151 Å². The molecule has 0 saturated carbocycles. The molecule has 0 aliphatic heterocycles. The Bertz CT molecular complexity index is 2380. The number of ether oxygens (including phenoxy) is 1. The number of amides is 9. The molecule has 0 unspecified atom stereocenters. The molecule has 11 atom stereocenters. The van der Waals surface area contributed by atoms with Crippen LogP contribution < -0.4 is 64.6 Å². The molecule has 0 heterocycles. The number of guanidine groups is 1. The summed E-state index contributed by atoms with van der Waals surface area (Å²) < 4.78 is 5.38. The maximum Gasteiger partial charge on any atom is 0.408 e. The monoisotopic (exact) mass is 1130 g/mol. The van der Waals surface area contributed by atoms with E-state index in [9.17, 15) is 58.2 Å². The maximum absolute atomic E-state index is 14.4. The molecule has 19 N–H and O–H groups in total. The van der Waals surface area contributed by atoms with E-state index in [1.54, 1.807) is 102 Å². The number of aliphatic hydroxyl groups excluding tert-OH is 3. The summed E-state index contributed by atoms with van der Waals surface area (Å²) in [6.07, 6.45) is -3.94. The van der Waals surface area contributed by atoms with Crippen molar-refractivity contribution in [2.45, 2.75) is 141 Å². The van der Waals surface area contributed by atoms with Crippen LogP contribution in [0.3, 0.4) is 0 Å². The van der Waals surface area contributed by atoms with E-state index in [-0.39, 0.29) is 50.7 Å². The number of nitrogens with two attached hydrogens (primary N) is 2. The first kappa shape index (κ1) is 68.2. The van der Waals surface area contributed by atoms with Crippen molar-refractivity contribution in [3.8, 4) is 0 Å². The van der Waals surface area contributed by atoms with Crippen LogP contribution in [0.1, 0.15) is 91.3 Å². The first-order valence-corrected chi connectivity index (χ1v) is 26.1. The van der Waals surface area contributed by atoms with Gasteiger partial charge in [-0.3, -0.25) is 43.8 Å². The van der Waals surface area contributed by atoms with Crippen molar-refractivity contribution in [1.82, 2.24) is 53.2 Å². The first-order valence-electron chi connectivity index (χ1n) is 26.1. The lowest BCUT2D eigenvalue weighted by Crippen LogP contribution is -2.63. The van der Waals surface area contributed by atoms with Gasteiger partial charge in [0.25, 0.3) is 0 Å². The second kappa shape index (κ2) is 34.8. The van der Waals surface area contributed by atoms with Crippen molar-refractivity contribution in [2.75, 3.05) is 26.2 Å². The Morgan fingerprint density at radius 2 is 1.15 bits per heavy atom. The molecule has 2 aromatic rings. The zero-order chi connectivity index (χ0) is 60.2. The minimum Gasteiger partial charge on any atom is -0.480 e. The third kappa shape index (κ3) is 24.0. The molecule has 0 radical (unpaired) electrons. The van der Waals surface area contributed by atoms with Crippen LogP contribution in [0, 0.1) is 23.2 Å². The summed E-state index contributed by atoms with van der Waals surface area (Å²) in [5.41, 5.74) is 13.1. The number of aliphatic carboxylic acids is 1. The fraction of sp³-hybridized carbons (Fsp3) is 0.558. The number of alkyl carbamates (subject to hydrolysis) is 1. The number of nitrogens with one attached hydrogen (secondary N) is 11. The van der Waals surface area contributed by atoms with E-state index >= 15 is 0 Å². The molecule has 0 spiro atoms. The Hall–Kier alpha value is -7.95. The van der Waals surface area contributed by atoms with Gasteiger partial charge >= 0.3 is 12.1 Å². The van der Waals surface area contributed by atoms with Crippen molar-refractivity contribution >= 4 is 65.3 Å².